The van der Waals surface area contributed by atoms with Gasteiger partial charge in [-0.2, -0.15) is 0 Å². The first-order valence-corrected chi connectivity index (χ1v) is 11.9. The summed E-state index contributed by atoms with van der Waals surface area (Å²) in [5.41, 5.74) is 8.29. The zero-order chi connectivity index (χ0) is 25.4. The van der Waals surface area contributed by atoms with Gasteiger partial charge in [-0.05, 0) is 72.9 Å². The van der Waals surface area contributed by atoms with E-state index < -0.39 is 5.97 Å². The molecule has 3 rings (SSSR count). The van der Waals surface area contributed by atoms with Crippen molar-refractivity contribution < 1.29 is 19.4 Å². The lowest BCUT2D eigenvalue weighted by Gasteiger charge is -2.22. The second-order valence-electron chi connectivity index (χ2n) is 10.5. The van der Waals surface area contributed by atoms with Gasteiger partial charge in [-0.15, -0.1) is 0 Å². The van der Waals surface area contributed by atoms with Crippen molar-refractivity contribution in [2.45, 2.75) is 74.1 Å². The summed E-state index contributed by atoms with van der Waals surface area (Å²) < 4.78 is 6.16. The van der Waals surface area contributed by atoms with Crippen molar-refractivity contribution in [2.75, 3.05) is 11.9 Å². The minimum atomic E-state index is -0.871. The second kappa shape index (κ2) is 9.65. The van der Waals surface area contributed by atoms with E-state index in [4.69, 9.17) is 4.74 Å². The second-order valence-corrected chi connectivity index (χ2v) is 10.5. The van der Waals surface area contributed by atoms with Crippen LogP contribution in [0.3, 0.4) is 0 Å². The number of carbonyl (C=O) groups excluding carboxylic acids is 1. The summed E-state index contributed by atoms with van der Waals surface area (Å²) in [7, 11) is 0. The van der Waals surface area contributed by atoms with E-state index in [0.29, 0.717) is 25.0 Å². The number of carboxylic acid groups (broad SMARTS) is 1. The number of hydrogen-bond donors (Lipinski definition) is 2. The van der Waals surface area contributed by atoms with Crippen LogP contribution < -0.4 is 10.1 Å². The smallest absolute Gasteiger partial charge is 0.331 e. The Bertz CT molecular complexity index is 1150. The average Bonchev–Trinajstić information content (AvgIpc) is 3.19. The number of nitrogens with one attached hydrogen (secondary N) is 1. The third-order valence-electron chi connectivity index (χ3n) is 6.81. The number of rotatable bonds is 6. The van der Waals surface area contributed by atoms with Gasteiger partial charge in [0.25, 0.3) is 0 Å². The highest BCUT2D eigenvalue weighted by molar-refractivity contribution is 5.96. The molecule has 5 heteroatoms. The Morgan fingerprint density at radius 3 is 2.21 bits per heavy atom. The molecule has 0 saturated carbocycles. The van der Waals surface area contributed by atoms with Gasteiger partial charge in [-0.25, -0.2) is 4.79 Å². The van der Waals surface area contributed by atoms with Crippen LogP contribution in [0.2, 0.25) is 0 Å². The molecule has 2 aromatic rings. The lowest BCUT2D eigenvalue weighted by atomic mass is 9.85. The van der Waals surface area contributed by atoms with Crippen molar-refractivity contribution in [3.05, 3.63) is 63.2 Å². The predicted molar refractivity (Wildman–Crippen MR) is 138 cm³/mol. The molecule has 0 spiro atoms. The number of allylic oxidation sites excluding steroid dienone is 1. The van der Waals surface area contributed by atoms with Gasteiger partial charge >= 0.3 is 5.97 Å². The van der Waals surface area contributed by atoms with Crippen LogP contribution in [-0.4, -0.2) is 23.6 Å². The number of anilines is 1. The van der Waals surface area contributed by atoms with Crippen LogP contribution in [0, 0.1) is 26.2 Å². The predicted octanol–water partition coefficient (Wildman–Crippen LogP) is 6.78. The molecular formula is C29H37NO4. The number of ether oxygens (including phenoxy) is 1. The molecule has 1 atom stereocenters. The number of hydrogen-bond acceptors (Lipinski definition) is 3. The molecule has 0 radical (unpaired) electrons. The molecule has 1 amide bonds. The molecular weight excluding hydrogens is 426 g/mol. The normalized spacial score (nSPS) is 15.9. The molecule has 0 saturated heterocycles. The molecule has 182 valence electrons. The first-order chi connectivity index (χ1) is 15.9. The maximum atomic E-state index is 12.7. The monoisotopic (exact) mass is 463 g/mol. The molecule has 2 N–H and O–H groups in total. The number of aliphatic carboxylic acids is 1. The summed E-state index contributed by atoms with van der Waals surface area (Å²) in [6.07, 6.45) is 0.931. The van der Waals surface area contributed by atoms with Crippen LogP contribution in [0.15, 0.2) is 29.8 Å². The number of carboxylic acids is 1. The number of carbonyl (C=O) groups is 2. The van der Waals surface area contributed by atoms with E-state index in [1.807, 2.05) is 39.8 Å². The molecule has 34 heavy (non-hydrogen) atoms. The van der Waals surface area contributed by atoms with Crippen LogP contribution >= 0.6 is 0 Å². The minimum absolute atomic E-state index is 0.0188. The number of benzene rings is 2. The molecule has 1 aliphatic rings. The van der Waals surface area contributed by atoms with Crippen LogP contribution in [-0.2, 0) is 9.59 Å². The van der Waals surface area contributed by atoms with Crippen molar-refractivity contribution >= 4 is 23.1 Å². The Hall–Kier alpha value is -3.08. The first kappa shape index (κ1) is 25.5. The van der Waals surface area contributed by atoms with Gasteiger partial charge in [0.15, 0.2) is 0 Å². The number of fused-ring (bicyclic) bond motifs is 1. The molecule has 0 aromatic heterocycles. The third-order valence-corrected chi connectivity index (χ3v) is 6.81. The van der Waals surface area contributed by atoms with Gasteiger partial charge in [-0.1, -0.05) is 52.0 Å². The number of amides is 1. The van der Waals surface area contributed by atoms with E-state index in [0.717, 1.165) is 50.4 Å². The molecule has 1 unspecified atom stereocenters. The van der Waals surface area contributed by atoms with Crippen molar-refractivity contribution in [2.24, 2.45) is 5.41 Å². The van der Waals surface area contributed by atoms with E-state index in [-0.39, 0.29) is 17.2 Å². The average molecular weight is 464 g/mol. The summed E-state index contributed by atoms with van der Waals surface area (Å²) in [6.45, 7) is 16.6. The van der Waals surface area contributed by atoms with E-state index in [1.165, 1.54) is 0 Å². The fourth-order valence-corrected chi connectivity index (χ4v) is 4.83. The van der Waals surface area contributed by atoms with Crippen molar-refractivity contribution in [3.63, 3.8) is 0 Å². The summed E-state index contributed by atoms with van der Waals surface area (Å²) in [6, 6.07) is 8.10. The molecule has 0 aliphatic carbocycles. The van der Waals surface area contributed by atoms with Crippen molar-refractivity contribution in [1.82, 2.24) is 0 Å². The zero-order valence-corrected chi connectivity index (χ0v) is 21.7. The van der Waals surface area contributed by atoms with E-state index in [2.05, 4.69) is 45.1 Å². The summed E-state index contributed by atoms with van der Waals surface area (Å²) in [5.74, 6) is 0.110. The van der Waals surface area contributed by atoms with Gasteiger partial charge < -0.3 is 15.2 Å². The lowest BCUT2D eigenvalue weighted by Crippen LogP contribution is -2.21. The van der Waals surface area contributed by atoms with Crippen LogP contribution in [0.4, 0.5) is 5.69 Å². The van der Waals surface area contributed by atoms with Gasteiger partial charge in [0.05, 0.1) is 6.61 Å². The first-order valence-electron chi connectivity index (χ1n) is 11.9. The standard InChI is InChI=1S/C29H37NO4/c1-9-22(28(32)33)18(4)20-10-12-21(13-11-20)23-15-34-27-17(3)16(2)26(19(5)25(23)27)30-24(31)14-29(6,7)8/h10-13,23H,9,14-15H2,1-8H3,(H,30,31)(H,32,33). The molecule has 1 aliphatic heterocycles. The Morgan fingerprint density at radius 1 is 1.06 bits per heavy atom. The van der Waals surface area contributed by atoms with E-state index in [9.17, 15) is 14.7 Å². The quantitative estimate of drug-likeness (QED) is 0.463. The van der Waals surface area contributed by atoms with E-state index in [1.54, 1.807) is 0 Å². The molecule has 0 bridgehead atoms. The minimum Gasteiger partial charge on any atom is -0.492 e. The summed E-state index contributed by atoms with van der Waals surface area (Å²) in [4.78, 5) is 24.3. The van der Waals surface area contributed by atoms with Gasteiger partial charge in [0, 0.05) is 29.2 Å². The molecule has 2 aromatic carbocycles. The third kappa shape index (κ3) is 5.03. The topological polar surface area (TPSA) is 75.6 Å². The Kier molecular flexibility index (Phi) is 7.25. The maximum Gasteiger partial charge on any atom is 0.331 e. The van der Waals surface area contributed by atoms with Crippen molar-refractivity contribution in [3.8, 4) is 5.75 Å². The fraction of sp³-hybridized carbons (Fsp3) is 0.448. The molecule has 0 fully saturated rings. The van der Waals surface area contributed by atoms with Gasteiger partial charge in [0.2, 0.25) is 5.91 Å². The van der Waals surface area contributed by atoms with Gasteiger partial charge in [-0.3, -0.25) is 4.79 Å². The Labute approximate surface area is 203 Å². The Morgan fingerprint density at radius 2 is 1.68 bits per heavy atom. The maximum absolute atomic E-state index is 12.7. The van der Waals surface area contributed by atoms with Crippen LogP contribution in [0.1, 0.15) is 86.8 Å². The fourth-order valence-electron chi connectivity index (χ4n) is 4.83. The molecule has 1 heterocycles. The van der Waals surface area contributed by atoms with Crippen LogP contribution in [0.5, 0.6) is 5.75 Å². The SMILES string of the molecule is CCC(C(=O)O)=C(C)c1ccc(C2COc3c(C)c(C)c(NC(=O)CC(C)(C)C)c(C)c32)cc1. The lowest BCUT2D eigenvalue weighted by molar-refractivity contribution is -0.132. The molecule has 5 nitrogen and oxygen atoms in total. The van der Waals surface area contributed by atoms with E-state index >= 15 is 0 Å². The highest BCUT2D eigenvalue weighted by Crippen LogP contribution is 2.47. The zero-order valence-electron chi connectivity index (χ0n) is 21.7. The van der Waals surface area contributed by atoms with Crippen molar-refractivity contribution in [1.29, 1.82) is 0 Å². The highest BCUT2D eigenvalue weighted by Gasteiger charge is 2.32. The Balaban J connectivity index is 1.99. The largest absolute Gasteiger partial charge is 0.492 e. The van der Waals surface area contributed by atoms with Crippen LogP contribution in [0.25, 0.3) is 5.57 Å². The summed E-state index contributed by atoms with van der Waals surface area (Å²) in [5, 5.41) is 12.6. The highest BCUT2D eigenvalue weighted by atomic mass is 16.5. The summed E-state index contributed by atoms with van der Waals surface area (Å²) >= 11 is 0. The van der Waals surface area contributed by atoms with Gasteiger partial charge in [0.1, 0.15) is 5.75 Å².